The maximum atomic E-state index is 14.5. The lowest BCUT2D eigenvalue weighted by Crippen LogP contribution is -2.35. The number of hydrogen-bond donors (Lipinski definition) is 3. The van der Waals surface area contributed by atoms with E-state index >= 15 is 0 Å². The normalized spacial score (nSPS) is 17.6. The van der Waals surface area contributed by atoms with Crippen molar-refractivity contribution in [2.45, 2.75) is 25.8 Å². The lowest BCUT2D eigenvalue weighted by Gasteiger charge is -2.21. The Bertz CT molecular complexity index is 1340. The highest BCUT2D eigenvalue weighted by Gasteiger charge is 2.37. The lowest BCUT2D eigenvalue weighted by atomic mass is 10.00. The van der Waals surface area contributed by atoms with E-state index in [1.165, 1.54) is 29.9 Å². The van der Waals surface area contributed by atoms with Gasteiger partial charge in [-0.1, -0.05) is 13.0 Å². The third kappa shape index (κ3) is 4.58. The van der Waals surface area contributed by atoms with E-state index in [1.54, 1.807) is 18.3 Å². The summed E-state index contributed by atoms with van der Waals surface area (Å²) < 4.78 is 42.0. The molecule has 1 aliphatic heterocycles. The number of nitrogens with zero attached hydrogens (tertiary/aromatic N) is 3. The Morgan fingerprint density at radius 1 is 1.17 bits per heavy atom. The molecule has 3 heterocycles. The first kappa shape index (κ1) is 25.0. The highest BCUT2D eigenvalue weighted by atomic mass is 19.3. The van der Waals surface area contributed by atoms with E-state index in [0.29, 0.717) is 28.8 Å². The van der Waals surface area contributed by atoms with Gasteiger partial charge in [0.1, 0.15) is 5.82 Å². The van der Waals surface area contributed by atoms with Gasteiger partial charge in [-0.25, -0.2) is 8.91 Å². The molecule has 0 saturated carbocycles. The second-order valence-corrected chi connectivity index (χ2v) is 8.59. The second kappa shape index (κ2) is 9.88. The number of rotatable bonds is 7. The van der Waals surface area contributed by atoms with Gasteiger partial charge in [-0.2, -0.15) is 13.9 Å². The van der Waals surface area contributed by atoms with E-state index in [4.69, 9.17) is 5.73 Å². The number of anilines is 1. The van der Waals surface area contributed by atoms with Crippen molar-refractivity contribution in [2.24, 2.45) is 11.7 Å². The number of halogens is 3. The van der Waals surface area contributed by atoms with Crippen LogP contribution in [-0.4, -0.2) is 64.8 Å². The quantitative estimate of drug-likeness (QED) is 0.458. The molecule has 3 aromatic rings. The molecule has 9 nitrogen and oxygen atoms in total. The summed E-state index contributed by atoms with van der Waals surface area (Å²) in [5.41, 5.74) is 7.38. The maximum Gasteiger partial charge on any atom is 0.315 e. The summed E-state index contributed by atoms with van der Waals surface area (Å²) >= 11 is 0. The van der Waals surface area contributed by atoms with Crippen LogP contribution in [0.1, 0.15) is 34.1 Å². The predicted molar refractivity (Wildman–Crippen MR) is 126 cm³/mol. The van der Waals surface area contributed by atoms with Crippen LogP contribution in [0.4, 0.5) is 18.9 Å². The lowest BCUT2D eigenvalue weighted by molar-refractivity contribution is -0.141. The summed E-state index contributed by atoms with van der Waals surface area (Å²) in [6.45, 7) is 2.08. The molecule has 0 spiro atoms. The number of carbonyl (C=O) groups excluding carboxylic acids is 3. The third-order valence-corrected chi connectivity index (χ3v) is 6.47. The largest absolute Gasteiger partial charge is 0.378 e. The van der Waals surface area contributed by atoms with Crippen molar-refractivity contribution in [3.05, 3.63) is 53.6 Å². The number of fused-ring (bicyclic) bond motifs is 1. The fraction of sp³-hybridized carbons (Fsp3) is 0.333. The van der Waals surface area contributed by atoms with Gasteiger partial charge in [0.25, 0.3) is 17.7 Å². The van der Waals surface area contributed by atoms with Gasteiger partial charge in [0.05, 0.1) is 28.5 Å². The second-order valence-electron chi connectivity index (χ2n) is 8.59. The number of primary amides is 1. The molecule has 12 heteroatoms. The molecule has 3 amide bonds. The highest BCUT2D eigenvalue weighted by molar-refractivity contribution is 6.02. The number of aromatic nitrogens is 2. The molecule has 4 N–H and O–H groups in total. The monoisotopic (exact) mass is 502 g/mol. The first-order valence-electron chi connectivity index (χ1n) is 11.3. The van der Waals surface area contributed by atoms with Crippen LogP contribution in [0, 0.1) is 11.7 Å². The molecule has 0 unspecified atom stereocenters. The van der Waals surface area contributed by atoms with Gasteiger partial charge >= 0.3 is 6.43 Å². The fourth-order valence-corrected chi connectivity index (χ4v) is 4.52. The van der Waals surface area contributed by atoms with Crippen molar-refractivity contribution in [1.29, 1.82) is 0 Å². The Morgan fingerprint density at radius 3 is 2.53 bits per heavy atom. The smallest absolute Gasteiger partial charge is 0.315 e. The molecule has 1 fully saturated rings. The zero-order valence-corrected chi connectivity index (χ0v) is 19.6. The van der Waals surface area contributed by atoms with Crippen molar-refractivity contribution in [1.82, 2.24) is 19.8 Å². The SMILES string of the molecule is CC[C@@H]1CN(C(=O)C(F)F)C[C@H]1Nc1c(C(N)=O)cnn2cc(-c3ccc(C(=O)NC)c(F)c3)cc12. The number of nitrogens with one attached hydrogen (secondary N) is 2. The topological polar surface area (TPSA) is 122 Å². The van der Waals surface area contributed by atoms with Gasteiger partial charge in [-0.05, 0) is 36.1 Å². The average molecular weight is 502 g/mol. The minimum absolute atomic E-state index is 0.0358. The predicted octanol–water partition coefficient (Wildman–Crippen LogP) is 2.51. The molecule has 2 atom stereocenters. The standard InChI is InChI=1S/C24H25F3N6O3/c1-3-12-9-32(24(36)21(26)27)11-18(12)31-20-16(22(28)34)8-30-33-10-14(7-19(20)33)13-4-5-15(17(25)6-13)23(35)29-2/h4-8,10,12,18,21,31H,3,9,11H2,1-2H3,(H2,28,34)(H,29,35)/t12-,18-/m1/s1. The Morgan fingerprint density at radius 2 is 1.92 bits per heavy atom. The highest BCUT2D eigenvalue weighted by Crippen LogP contribution is 2.32. The van der Waals surface area contributed by atoms with Crippen LogP contribution >= 0.6 is 0 Å². The van der Waals surface area contributed by atoms with E-state index in [-0.39, 0.29) is 30.1 Å². The van der Waals surface area contributed by atoms with Crippen molar-refractivity contribution in [2.75, 3.05) is 25.5 Å². The zero-order chi connectivity index (χ0) is 26.1. The summed E-state index contributed by atoms with van der Waals surface area (Å²) in [6.07, 6.45) is 0.423. The number of amides is 3. The van der Waals surface area contributed by atoms with Gasteiger partial charge in [-0.3, -0.25) is 14.4 Å². The van der Waals surface area contributed by atoms with Gasteiger partial charge in [-0.15, -0.1) is 0 Å². The Labute approximate surface area is 204 Å². The minimum atomic E-state index is -3.10. The summed E-state index contributed by atoms with van der Waals surface area (Å²) in [5, 5.41) is 9.84. The molecule has 1 aliphatic rings. The van der Waals surface area contributed by atoms with Gasteiger partial charge in [0, 0.05) is 37.9 Å². The number of benzene rings is 1. The molecular weight excluding hydrogens is 477 g/mol. The van der Waals surface area contributed by atoms with E-state index in [9.17, 15) is 27.6 Å². The fourth-order valence-electron chi connectivity index (χ4n) is 4.52. The number of likely N-dealkylation sites (tertiary alicyclic amines) is 1. The van der Waals surface area contributed by atoms with Gasteiger partial charge in [0.15, 0.2) is 0 Å². The van der Waals surface area contributed by atoms with Crippen molar-refractivity contribution >= 4 is 28.9 Å². The first-order chi connectivity index (χ1) is 17.1. The molecule has 36 heavy (non-hydrogen) atoms. The van der Waals surface area contributed by atoms with E-state index < -0.39 is 36.0 Å². The first-order valence-corrected chi connectivity index (χ1v) is 11.3. The average Bonchev–Trinajstić information content (AvgIpc) is 3.47. The minimum Gasteiger partial charge on any atom is -0.378 e. The molecular formula is C24H25F3N6O3. The Hall–Kier alpha value is -4.09. The number of carbonyl (C=O) groups is 3. The van der Waals surface area contributed by atoms with Crippen LogP contribution < -0.4 is 16.4 Å². The molecule has 0 aliphatic carbocycles. The molecule has 2 aromatic heterocycles. The molecule has 0 radical (unpaired) electrons. The van der Waals surface area contributed by atoms with Crippen molar-refractivity contribution in [3.63, 3.8) is 0 Å². The number of hydrogen-bond acceptors (Lipinski definition) is 5. The molecule has 190 valence electrons. The van der Waals surface area contributed by atoms with Crippen LogP contribution in [-0.2, 0) is 4.79 Å². The van der Waals surface area contributed by atoms with Crippen LogP contribution in [0.3, 0.4) is 0 Å². The molecule has 0 bridgehead atoms. The van der Waals surface area contributed by atoms with Crippen LogP contribution in [0.2, 0.25) is 0 Å². The van der Waals surface area contributed by atoms with Gasteiger partial charge < -0.3 is 21.3 Å². The maximum absolute atomic E-state index is 14.5. The molecule has 1 saturated heterocycles. The van der Waals surface area contributed by atoms with E-state index in [2.05, 4.69) is 15.7 Å². The van der Waals surface area contributed by atoms with Crippen LogP contribution in [0.15, 0.2) is 36.7 Å². The molecule has 1 aromatic carbocycles. The van der Waals surface area contributed by atoms with Crippen LogP contribution in [0.25, 0.3) is 16.6 Å². The summed E-state index contributed by atoms with van der Waals surface area (Å²) in [7, 11) is 1.41. The molecule has 4 rings (SSSR count). The third-order valence-electron chi connectivity index (χ3n) is 6.47. The van der Waals surface area contributed by atoms with E-state index in [1.807, 2.05) is 6.92 Å². The van der Waals surface area contributed by atoms with Crippen molar-refractivity contribution in [3.8, 4) is 11.1 Å². The Kier molecular flexibility index (Phi) is 6.86. The summed E-state index contributed by atoms with van der Waals surface area (Å²) in [6, 6.07) is 5.44. The summed E-state index contributed by atoms with van der Waals surface area (Å²) in [5.74, 6) is -3.38. The van der Waals surface area contributed by atoms with Crippen LogP contribution in [0.5, 0.6) is 0 Å². The number of nitrogens with two attached hydrogens (primary N) is 1. The number of alkyl halides is 2. The summed E-state index contributed by atoms with van der Waals surface area (Å²) in [4.78, 5) is 37.0. The van der Waals surface area contributed by atoms with Gasteiger partial charge in [0.2, 0.25) is 0 Å². The zero-order valence-electron chi connectivity index (χ0n) is 19.6. The van der Waals surface area contributed by atoms with Crippen molar-refractivity contribution < 1.29 is 27.6 Å². The Balaban J connectivity index is 1.73. The van der Waals surface area contributed by atoms with E-state index in [0.717, 1.165) is 4.90 Å².